The van der Waals surface area contributed by atoms with Crippen molar-refractivity contribution < 1.29 is 42.5 Å². The van der Waals surface area contributed by atoms with Crippen molar-refractivity contribution in [1.82, 2.24) is 9.97 Å². The van der Waals surface area contributed by atoms with E-state index in [9.17, 15) is 13.0 Å². The third-order valence-corrected chi connectivity index (χ3v) is 6.70. The smallest absolute Gasteiger partial charge is 0.282 e. The summed E-state index contributed by atoms with van der Waals surface area (Å²) in [6.07, 6.45) is 0. The second kappa shape index (κ2) is 7.88. The number of rotatable bonds is 3. The molecule has 5 rings (SSSR count). The van der Waals surface area contributed by atoms with Crippen LogP contribution < -0.4 is 29.6 Å². The first-order chi connectivity index (χ1) is 13.5. The Labute approximate surface area is 197 Å². The van der Waals surface area contributed by atoms with Crippen LogP contribution in [-0.2, 0) is 10.1 Å². The molecule has 9 heteroatoms. The summed E-state index contributed by atoms with van der Waals surface area (Å²) in [4.78, 5) is 9.59. The van der Waals surface area contributed by atoms with Crippen LogP contribution in [0.5, 0.6) is 0 Å². The summed E-state index contributed by atoms with van der Waals surface area (Å²) in [6.45, 7) is 0. The summed E-state index contributed by atoms with van der Waals surface area (Å²) < 4.78 is 32.2. The van der Waals surface area contributed by atoms with E-state index in [2.05, 4.69) is 0 Å². The van der Waals surface area contributed by atoms with E-state index < -0.39 is 10.1 Å². The first-order valence-electron chi connectivity index (χ1n) is 8.27. The van der Waals surface area contributed by atoms with Crippen LogP contribution in [0.25, 0.3) is 44.3 Å². The Morgan fingerprint density at radius 3 is 1.79 bits per heavy atom. The van der Waals surface area contributed by atoms with Crippen molar-refractivity contribution >= 4 is 54.6 Å². The standard InChI is InChI=1S/C20H12N2O3S3.Na/c23-28(24,25)16-2-1-12-8-17-18(9-15(12)7-16)22-20(14-4-6-27-11-14)19(21-17)13-3-5-26-10-13;/h1-11H,(H,23,24,25);/q;+1. The van der Waals surface area contributed by atoms with Gasteiger partial charge in [0.25, 0.3) is 10.1 Å². The van der Waals surface area contributed by atoms with Gasteiger partial charge in [-0.15, -0.1) is 0 Å². The van der Waals surface area contributed by atoms with E-state index in [0.29, 0.717) is 10.9 Å². The molecule has 0 saturated carbocycles. The molecule has 5 aromatic rings. The largest absolute Gasteiger partial charge is 1.00 e. The van der Waals surface area contributed by atoms with Crippen molar-refractivity contribution in [2.45, 2.75) is 4.90 Å². The Bertz CT molecular complexity index is 1430. The second-order valence-corrected chi connectivity index (χ2v) is 9.25. The molecule has 0 amide bonds. The third-order valence-electron chi connectivity index (χ3n) is 4.48. The van der Waals surface area contributed by atoms with Crippen molar-refractivity contribution in [1.29, 1.82) is 0 Å². The van der Waals surface area contributed by atoms with Crippen molar-refractivity contribution in [3.63, 3.8) is 0 Å². The average molecular weight is 448 g/mol. The van der Waals surface area contributed by atoms with Gasteiger partial charge in [-0.05, 0) is 57.9 Å². The zero-order chi connectivity index (χ0) is 19.3. The quantitative estimate of drug-likeness (QED) is 0.261. The first kappa shape index (κ1) is 20.6. The molecule has 0 bridgehead atoms. The van der Waals surface area contributed by atoms with Crippen LogP contribution in [0, 0.1) is 0 Å². The van der Waals surface area contributed by atoms with Crippen LogP contribution in [0.2, 0.25) is 0 Å². The van der Waals surface area contributed by atoms with Crippen LogP contribution in [0.3, 0.4) is 0 Å². The molecule has 0 saturated heterocycles. The van der Waals surface area contributed by atoms with Gasteiger partial charge in [0, 0.05) is 21.9 Å². The fourth-order valence-corrected chi connectivity index (χ4v) is 4.94. The van der Waals surface area contributed by atoms with E-state index >= 15 is 0 Å². The minimum atomic E-state index is -4.26. The molecule has 0 fully saturated rings. The van der Waals surface area contributed by atoms with Crippen molar-refractivity contribution in [2.75, 3.05) is 0 Å². The minimum absolute atomic E-state index is 0. The minimum Gasteiger partial charge on any atom is -0.282 e. The van der Waals surface area contributed by atoms with E-state index in [4.69, 9.17) is 9.97 Å². The van der Waals surface area contributed by atoms with Crippen LogP contribution in [0.15, 0.2) is 68.9 Å². The molecule has 3 heterocycles. The summed E-state index contributed by atoms with van der Waals surface area (Å²) in [7, 11) is -4.26. The molecular weight excluding hydrogens is 435 g/mol. The fourth-order valence-electron chi connectivity index (χ4n) is 3.14. The van der Waals surface area contributed by atoms with Gasteiger partial charge in [0.05, 0.1) is 27.3 Å². The molecule has 3 aromatic heterocycles. The van der Waals surface area contributed by atoms with Gasteiger partial charge < -0.3 is 0 Å². The van der Waals surface area contributed by atoms with E-state index in [0.717, 1.165) is 33.4 Å². The van der Waals surface area contributed by atoms with Crippen molar-refractivity contribution in [3.8, 4) is 22.5 Å². The van der Waals surface area contributed by atoms with Gasteiger partial charge in [0.15, 0.2) is 0 Å². The zero-order valence-electron chi connectivity index (χ0n) is 15.2. The van der Waals surface area contributed by atoms with E-state index in [1.165, 1.54) is 12.1 Å². The maximum Gasteiger partial charge on any atom is 1.00 e. The molecule has 0 aliphatic heterocycles. The topological polar surface area (TPSA) is 80.2 Å². The average Bonchev–Trinajstić information content (AvgIpc) is 3.37. The van der Waals surface area contributed by atoms with Gasteiger partial charge in [-0.1, -0.05) is 6.07 Å². The Kier molecular flexibility index (Phi) is 5.60. The molecule has 0 atom stereocenters. The van der Waals surface area contributed by atoms with E-state index in [1.807, 2.05) is 39.7 Å². The number of hydrogen-bond donors (Lipinski definition) is 1. The van der Waals surface area contributed by atoms with Crippen LogP contribution in [-0.4, -0.2) is 22.9 Å². The maximum atomic E-state index is 11.5. The molecule has 5 nitrogen and oxygen atoms in total. The Balaban J connectivity index is 0.00000205. The Hall–Kier alpha value is -1.65. The number of hydrogen-bond acceptors (Lipinski definition) is 6. The van der Waals surface area contributed by atoms with Gasteiger partial charge >= 0.3 is 29.6 Å². The predicted molar refractivity (Wildman–Crippen MR) is 113 cm³/mol. The maximum absolute atomic E-state index is 11.5. The van der Waals surface area contributed by atoms with E-state index in [-0.39, 0.29) is 34.5 Å². The summed E-state index contributed by atoms with van der Waals surface area (Å²) in [5.74, 6) is 0. The summed E-state index contributed by atoms with van der Waals surface area (Å²) in [6, 6.07) is 12.2. The molecule has 1 N–H and O–H groups in total. The molecule has 2 aromatic carbocycles. The SMILES string of the molecule is O=S(=O)(O)c1ccc2cc3nc(-c4ccsc4)c(-c4ccsc4)nc3cc2c1.[Na+]. The number of aromatic nitrogens is 2. The zero-order valence-corrected chi connectivity index (χ0v) is 19.7. The Morgan fingerprint density at radius 2 is 1.31 bits per heavy atom. The number of benzene rings is 2. The molecule has 0 aliphatic rings. The summed E-state index contributed by atoms with van der Waals surface area (Å²) >= 11 is 3.20. The molecule has 0 unspecified atom stereocenters. The fraction of sp³-hybridized carbons (Fsp3) is 0. The van der Waals surface area contributed by atoms with Gasteiger partial charge in [0.1, 0.15) is 0 Å². The molecule has 0 spiro atoms. The molecule has 29 heavy (non-hydrogen) atoms. The molecule has 0 radical (unpaired) electrons. The van der Waals surface area contributed by atoms with Crippen LogP contribution in [0.4, 0.5) is 0 Å². The normalized spacial score (nSPS) is 11.6. The second-order valence-electron chi connectivity index (χ2n) is 6.27. The number of thiophene rings is 2. The summed E-state index contributed by atoms with van der Waals surface area (Å²) in [5, 5.41) is 9.59. The van der Waals surface area contributed by atoms with Crippen molar-refractivity contribution in [2.24, 2.45) is 0 Å². The van der Waals surface area contributed by atoms with Crippen molar-refractivity contribution in [3.05, 3.63) is 64.0 Å². The monoisotopic (exact) mass is 447 g/mol. The molecular formula is C20H12N2NaO3S3+. The number of nitrogens with zero attached hydrogens (tertiary/aromatic N) is 2. The van der Waals surface area contributed by atoms with Gasteiger partial charge in [-0.2, -0.15) is 31.1 Å². The van der Waals surface area contributed by atoms with E-state index in [1.54, 1.807) is 34.8 Å². The van der Waals surface area contributed by atoms with Gasteiger partial charge in [-0.3, -0.25) is 4.55 Å². The summed E-state index contributed by atoms with van der Waals surface area (Å²) in [5.41, 5.74) is 5.01. The third kappa shape index (κ3) is 3.89. The van der Waals surface area contributed by atoms with Crippen LogP contribution in [0.1, 0.15) is 0 Å². The predicted octanol–water partition coefficient (Wildman–Crippen LogP) is 2.49. The molecule has 138 valence electrons. The number of fused-ring (bicyclic) bond motifs is 2. The van der Waals surface area contributed by atoms with Gasteiger partial charge in [-0.25, -0.2) is 9.97 Å². The Morgan fingerprint density at radius 1 is 0.759 bits per heavy atom. The first-order valence-corrected chi connectivity index (χ1v) is 11.6. The van der Waals surface area contributed by atoms with Gasteiger partial charge in [0.2, 0.25) is 0 Å². The molecule has 0 aliphatic carbocycles. The van der Waals surface area contributed by atoms with Crippen LogP contribution >= 0.6 is 22.7 Å².